The van der Waals surface area contributed by atoms with Gasteiger partial charge in [0.1, 0.15) is 5.01 Å². The number of aryl methyl sites for hydroxylation is 2. The van der Waals surface area contributed by atoms with Crippen molar-refractivity contribution in [3.8, 4) is 17.2 Å². The van der Waals surface area contributed by atoms with E-state index >= 15 is 0 Å². The van der Waals surface area contributed by atoms with Gasteiger partial charge >= 0.3 is 0 Å². The summed E-state index contributed by atoms with van der Waals surface area (Å²) >= 11 is 1.27. The van der Waals surface area contributed by atoms with Crippen LogP contribution < -0.4 is 24.4 Å². The van der Waals surface area contributed by atoms with E-state index in [0.29, 0.717) is 45.9 Å². The zero-order valence-corrected chi connectivity index (χ0v) is 20.5. The number of methoxy groups -OCH3 is 3. The van der Waals surface area contributed by atoms with Crippen molar-refractivity contribution < 1.29 is 23.8 Å². The predicted molar refractivity (Wildman–Crippen MR) is 130 cm³/mol. The minimum atomic E-state index is -0.388. The van der Waals surface area contributed by atoms with Gasteiger partial charge in [-0.3, -0.25) is 14.9 Å². The Balaban J connectivity index is 1.48. The highest BCUT2D eigenvalue weighted by molar-refractivity contribution is 7.15. The molecule has 0 spiro atoms. The lowest BCUT2D eigenvalue weighted by molar-refractivity contribution is -0.117. The molecule has 1 N–H and O–H groups in total. The maximum Gasteiger partial charge on any atom is 0.257 e. The molecule has 0 aliphatic carbocycles. The van der Waals surface area contributed by atoms with Crippen LogP contribution in [0.3, 0.4) is 0 Å². The molecule has 2 aromatic carbocycles. The highest BCUT2D eigenvalue weighted by atomic mass is 32.1. The lowest BCUT2D eigenvalue weighted by Gasteiger charge is -2.17. The Morgan fingerprint density at radius 2 is 1.74 bits per heavy atom. The number of rotatable bonds is 7. The van der Waals surface area contributed by atoms with Crippen molar-refractivity contribution in [3.63, 3.8) is 0 Å². The van der Waals surface area contributed by atoms with Crippen LogP contribution in [-0.2, 0) is 4.79 Å². The molecule has 1 aromatic heterocycles. The van der Waals surface area contributed by atoms with Crippen LogP contribution in [0.2, 0.25) is 0 Å². The molecule has 0 radical (unpaired) electrons. The molecular formula is C24H26N4O5S. The first kappa shape index (κ1) is 23.5. The quantitative estimate of drug-likeness (QED) is 0.544. The molecule has 1 aliphatic heterocycles. The molecule has 10 heteroatoms. The van der Waals surface area contributed by atoms with Crippen LogP contribution >= 0.6 is 11.3 Å². The Labute approximate surface area is 201 Å². The van der Waals surface area contributed by atoms with Crippen molar-refractivity contribution in [3.05, 3.63) is 52.0 Å². The number of nitrogens with zero attached hydrogens (tertiary/aromatic N) is 3. The van der Waals surface area contributed by atoms with Crippen LogP contribution in [0.5, 0.6) is 17.2 Å². The second-order valence-electron chi connectivity index (χ2n) is 7.99. The highest BCUT2D eigenvalue weighted by Gasteiger charge is 2.34. The van der Waals surface area contributed by atoms with Gasteiger partial charge in [0, 0.05) is 30.1 Å². The van der Waals surface area contributed by atoms with E-state index in [1.807, 2.05) is 32.0 Å². The standard InChI is InChI=1S/C24H26N4O5S/c1-13-6-7-17(8-14(13)2)28-12-16(11-20(28)29)23-26-27-24(34-23)25-22(30)15-9-18(31-3)21(33-5)19(10-15)32-4/h6-10,16H,11-12H2,1-5H3,(H,25,27,30)/t16-/m1/s1. The third kappa shape index (κ3) is 4.54. The van der Waals surface area contributed by atoms with Gasteiger partial charge in [-0.05, 0) is 49.2 Å². The second kappa shape index (κ2) is 9.68. The minimum Gasteiger partial charge on any atom is -0.493 e. The van der Waals surface area contributed by atoms with Crippen molar-refractivity contribution in [1.29, 1.82) is 0 Å². The van der Waals surface area contributed by atoms with Crippen molar-refractivity contribution in [1.82, 2.24) is 10.2 Å². The molecule has 1 aliphatic rings. The SMILES string of the molecule is COc1cc(C(=O)Nc2nnc([C@@H]3CC(=O)N(c4ccc(C)c(C)c4)C3)s2)cc(OC)c1OC. The minimum absolute atomic E-state index is 0.0476. The Bertz CT molecular complexity index is 1220. The molecule has 0 unspecified atom stereocenters. The number of benzene rings is 2. The van der Waals surface area contributed by atoms with Crippen LogP contribution in [0.25, 0.3) is 0 Å². The number of carbonyl (C=O) groups is 2. The number of amides is 2. The Morgan fingerprint density at radius 3 is 2.35 bits per heavy atom. The summed E-state index contributed by atoms with van der Waals surface area (Å²) in [6, 6.07) is 9.14. The lowest BCUT2D eigenvalue weighted by Crippen LogP contribution is -2.24. The summed E-state index contributed by atoms with van der Waals surface area (Å²) in [7, 11) is 4.47. The fourth-order valence-corrected chi connectivity index (χ4v) is 4.68. The molecule has 3 aromatic rings. The number of hydrogen-bond donors (Lipinski definition) is 1. The van der Waals surface area contributed by atoms with E-state index in [1.54, 1.807) is 17.0 Å². The first-order valence-electron chi connectivity index (χ1n) is 10.7. The fourth-order valence-electron chi connectivity index (χ4n) is 3.85. The monoisotopic (exact) mass is 482 g/mol. The number of hydrogen-bond acceptors (Lipinski definition) is 8. The third-order valence-corrected chi connectivity index (χ3v) is 6.87. The molecule has 0 bridgehead atoms. The van der Waals surface area contributed by atoms with Gasteiger partial charge < -0.3 is 19.1 Å². The lowest BCUT2D eigenvalue weighted by atomic mass is 10.1. The first-order chi connectivity index (χ1) is 16.3. The van der Waals surface area contributed by atoms with E-state index in [2.05, 4.69) is 15.5 Å². The molecule has 4 rings (SSSR count). The van der Waals surface area contributed by atoms with Gasteiger partial charge in [0.2, 0.25) is 16.8 Å². The number of carbonyl (C=O) groups excluding carboxylic acids is 2. The first-order valence-corrected chi connectivity index (χ1v) is 11.5. The van der Waals surface area contributed by atoms with Gasteiger partial charge in [0.15, 0.2) is 11.5 Å². The topological polar surface area (TPSA) is 103 Å². The van der Waals surface area contributed by atoms with E-state index in [0.717, 1.165) is 11.3 Å². The summed E-state index contributed by atoms with van der Waals surface area (Å²) in [4.78, 5) is 27.3. The van der Waals surface area contributed by atoms with Gasteiger partial charge in [-0.25, -0.2) is 0 Å². The molecule has 178 valence electrons. The average molecular weight is 483 g/mol. The van der Waals surface area contributed by atoms with Crippen LogP contribution in [-0.4, -0.2) is 49.9 Å². The average Bonchev–Trinajstić information content (AvgIpc) is 3.46. The normalized spacial score (nSPS) is 15.4. The van der Waals surface area contributed by atoms with Crippen molar-refractivity contribution >= 4 is 34.0 Å². The zero-order valence-electron chi connectivity index (χ0n) is 19.7. The summed E-state index contributed by atoms with van der Waals surface area (Å²) in [5, 5.41) is 12.2. The number of aromatic nitrogens is 2. The van der Waals surface area contributed by atoms with E-state index in [4.69, 9.17) is 14.2 Å². The molecule has 2 amide bonds. The molecule has 1 atom stereocenters. The number of ether oxygens (including phenoxy) is 3. The van der Waals surface area contributed by atoms with E-state index in [9.17, 15) is 9.59 Å². The largest absolute Gasteiger partial charge is 0.493 e. The number of anilines is 2. The van der Waals surface area contributed by atoms with Crippen LogP contribution in [0.15, 0.2) is 30.3 Å². The molecule has 9 nitrogen and oxygen atoms in total. The van der Waals surface area contributed by atoms with Gasteiger partial charge in [-0.1, -0.05) is 17.4 Å². The van der Waals surface area contributed by atoms with Crippen LogP contribution in [0, 0.1) is 13.8 Å². The van der Waals surface area contributed by atoms with Gasteiger partial charge in [0.25, 0.3) is 5.91 Å². The predicted octanol–water partition coefficient (Wildman–Crippen LogP) is 3.95. The van der Waals surface area contributed by atoms with E-state index < -0.39 is 0 Å². The maximum absolute atomic E-state index is 12.8. The zero-order chi connectivity index (χ0) is 24.4. The van der Waals surface area contributed by atoms with Gasteiger partial charge in [-0.15, -0.1) is 10.2 Å². The van der Waals surface area contributed by atoms with Crippen molar-refractivity contribution in [2.45, 2.75) is 26.2 Å². The smallest absolute Gasteiger partial charge is 0.257 e. The molecule has 0 saturated carbocycles. The van der Waals surface area contributed by atoms with Gasteiger partial charge in [0.05, 0.1) is 21.3 Å². The Hall–Kier alpha value is -3.66. The molecule has 2 heterocycles. The van der Waals surface area contributed by atoms with Crippen LogP contribution in [0.1, 0.15) is 38.8 Å². The summed E-state index contributed by atoms with van der Waals surface area (Å²) in [6.07, 6.45) is 0.350. The summed E-state index contributed by atoms with van der Waals surface area (Å²) in [6.45, 7) is 4.60. The summed E-state index contributed by atoms with van der Waals surface area (Å²) in [5.74, 6) is 0.729. The third-order valence-electron chi connectivity index (χ3n) is 5.86. The van der Waals surface area contributed by atoms with E-state index in [1.165, 1.54) is 38.2 Å². The molecule has 1 saturated heterocycles. The van der Waals surface area contributed by atoms with Crippen LogP contribution in [0.4, 0.5) is 10.8 Å². The molecule has 34 heavy (non-hydrogen) atoms. The Morgan fingerprint density at radius 1 is 1.03 bits per heavy atom. The molecule has 1 fully saturated rings. The molecular weight excluding hydrogens is 456 g/mol. The maximum atomic E-state index is 12.8. The summed E-state index contributed by atoms with van der Waals surface area (Å²) in [5.41, 5.74) is 3.53. The highest BCUT2D eigenvalue weighted by Crippen LogP contribution is 2.39. The van der Waals surface area contributed by atoms with E-state index in [-0.39, 0.29) is 17.7 Å². The van der Waals surface area contributed by atoms with Crippen molar-refractivity contribution in [2.24, 2.45) is 0 Å². The number of nitrogens with one attached hydrogen (secondary N) is 1. The van der Waals surface area contributed by atoms with Crippen molar-refractivity contribution in [2.75, 3.05) is 38.1 Å². The van der Waals surface area contributed by atoms with Gasteiger partial charge in [-0.2, -0.15) is 0 Å². The summed E-state index contributed by atoms with van der Waals surface area (Å²) < 4.78 is 15.9. The second-order valence-corrected chi connectivity index (χ2v) is 9.00. The fraction of sp³-hybridized carbons (Fsp3) is 0.333. The Kier molecular flexibility index (Phi) is 6.69.